The largest absolute Gasteiger partial charge is 0.490 e. The summed E-state index contributed by atoms with van der Waals surface area (Å²) in [5, 5.41) is 0. The first kappa shape index (κ1) is 20.0. The van der Waals surface area contributed by atoms with Crippen molar-refractivity contribution >= 4 is 11.6 Å². The van der Waals surface area contributed by atoms with Crippen molar-refractivity contribution in [3.63, 3.8) is 0 Å². The zero-order valence-corrected chi connectivity index (χ0v) is 17.0. The number of nitrogen functional groups attached to an aromatic ring is 1. The average Bonchev–Trinajstić information content (AvgIpc) is 2.66. The van der Waals surface area contributed by atoms with Crippen LogP contribution in [-0.2, 0) is 0 Å². The van der Waals surface area contributed by atoms with Gasteiger partial charge in [0.15, 0.2) is 0 Å². The highest BCUT2D eigenvalue weighted by Gasteiger charge is 2.32. The van der Waals surface area contributed by atoms with Crippen molar-refractivity contribution in [2.45, 2.75) is 58.8 Å². The second kappa shape index (κ2) is 8.50. The summed E-state index contributed by atoms with van der Waals surface area (Å²) < 4.78 is 12.0. The van der Waals surface area contributed by atoms with Gasteiger partial charge in [-0.15, -0.1) is 0 Å². The van der Waals surface area contributed by atoms with Crippen LogP contribution in [0.1, 0.15) is 49.5 Å². The van der Waals surface area contributed by atoms with Crippen LogP contribution in [-0.4, -0.2) is 40.6 Å². The molecule has 1 aromatic carbocycles. The Kier molecular flexibility index (Phi) is 6.07. The fourth-order valence-electron chi connectivity index (χ4n) is 3.41. The Morgan fingerprint density at radius 3 is 2.75 bits per heavy atom. The number of hydrogen-bond donors (Lipinski definition) is 1. The maximum Gasteiger partial charge on any atom is 0.257 e. The van der Waals surface area contributed by atoms with Crippen LogP contribution in [0, 0.1) is 6.92 Å². The molecule has 0 aliphatic carbocycles. The maximum atomic E-state index is 13.3. The minimum atomic E-state index is -0.119. The number of ether oxygens (including phenoxy) is 2. The molecule has 0 spiro atoms. The number of pyridine rings is 1. The van der Waals surface area contributed by atoms with E-state index >= 15 is 0 Å². The topological polar surface area (TPSA) is 77.7 Å². The molecular formula is C22H29N3O3. The summed E-state index contributed by atoms with van der Waals surface area (Å²) in [6.07, 6.45) is 3.26. The van der Waals surface area contributed by atoms with Crippen molar-refractivity contribution in [2.75, 3.05) is 12.3 Å². The maximum absolute atomic E-state index is 13.3. The molecule has 2 aromatic rings. The number of anilines is 1. The van der Waals surface area contributed by atoms with Gasteiger partial charge < -0.3 is 20.1 Å². The van der Waals surface area contributed by atoms with Crippen LogP contribution in [0.3, 0.4) is 0 Å². The molecule has 28 heavy (non-hydrogen) atoms. The average molecular weight is 383 g/mol. The molecule has 1 aliphatic heterocycles. The molecule has 6 nitrogen and oxygen atoms in total. The second-order valence-corrected chi connectivity index (χ2v) is 7.62. The van der Waals surface area contributed by atoms with Crippen LogP contribution in [0.15, 0.2) is 36.5 Å². The van der Waals surface area contributed by atoms with Crippen molar-refractivity contribution in [3.8, 4) is 11.6 Å². The van der Waals surface area contributed by atoms with E-state index in [4.69, 9.17) is 15.2 Å². The molecule has 0 saturated carbocycles. The Labute approximate surface area is 166 Å². The molecular weight excluding hydrogens is 354 g/mol. The van der Waals surface area contributed by atoms with Crippen LogP contribution in [0.5, 0.6) is 11.6 Å². The normalized spacial score (nSPS) is 19.5. The summed E-state index contributed by atoms with van der Waals surface area (Å²) in [5.74, 6) is 1.12. The third-order valence-electron chi connectivity index (χ3n) is 5.06. The summed E-state index contributed by atoms with van der Waals surface area (Å²) in [4.78, 5) is 19.5. The monoisotopic (exact) mass is 383 g/mol. The zero-order chi connectivity index (χ0) is 20.3. The van der Waals surface area contributed by atoms with Crippen molar-refractivity contribution < 1.29 is 14.3 Å². The number of nitrogens with two attached hydrogens (primary N) is 1. The Morgan fingerprint density at radius 1 is 1.25 bits per heavy atom. The Bertz CT molecular complexity index is 838. The van der Waals surface area contributed by atoms with Crippen molar-refractivity contribution in [1.29, 1.82) is 0 Å². The van der Waals surface area contributed by atoms with Gasteiger partial charge in [0.1, 0.15) is 11.9 Å². The smallest absolute Gasteiger partial charge is 0.257 e. The first-order valence-corrected chi connectivity index (χ1v) is 9.81. The lowest BCUT2D eigenvalue weighted by molar-refractivity contribution is 0.0367. The van der Waals surface area contributed by atoms with E-state index in [9.17, 15) is 4.79 Å². The summed E-state index contributed by atoms with van der Waals surface area (Å²) in [5.41, 5.74) is 8.03. The molecule has 2 unspecified atom stereocenters. The van der Waals surface area contributed by atoms with E-state index in [0.29, 0.717) is 29.4 Å². The molecule has 1 saturated heterocycles. The third-order valence-corrected chi connectivity index (χ3v) is 5.06. The molecule has 6 heteroatoms. The highest BCUT2D eigenvalue weighted by molar-refractivity contribution is 5.97. The van der Waals surface area contributed by atoms with Gasteiger partial charge in [-0.3, -0.25) is 4.79 Å². The molecule has 2 N–H and O–H groups in total. The standard InChI is InChI=1S/C22H29N3O3/c1-14(2)27-20-8-6-5-7-18(20)22(26)25-13-17(10-9-15(25)3)28-21-16(4)19(23)11-12-24-21/h5-8,11-12,14-15,17H,9-10,13H2,1-4H3,(H2,23,24). The Hall–Kier alpha value is -2.76. The lowest BCUT2D eigenvalue weighted by atomic mass is 9.99. The lowest BCUT2D eigenvalue weighted by Gasteiger charge is -2.38. The van der Waals surface area contributed by atoms with Gasteiger partial charge in [-0.2, -0.15) is 0 Å². The number of benzene rings is 1. The SMILES string of the molecule is Cc1c(N)ccnc1OC1CCC(C)N(C(=O)c2ccccc2OC(C)C)C1. The molecule has 2 atom stereocenters. The van der Waals surface area contributed by atoms with E-state index in [1.165, 1.54) is 0 Å². The van der Waals surface area contributed by atoms with Gasteiger partial charge in [0.05, 0.1) is 18.2 Å². The number of rotatable bonds is 5. The summed E-state index contributed by atoms with van der Waals surface area (Å²) >= 11 is 0. The van der Waals surface area contributed by atoms with E-state index < -0.39 is 0 Å². The van der Waals surface area contributed by atoms with Gasteiger partial charge >= 0.3 is 0 Å². The van der Waals surface area contributed by atoms with Gasteiger partial charge in [0, 0.05) is 23.5 Å². The van der Waals surface area contributed by atoms with Crippen LogP contribution in [0.25, 0.3) is 0 Å². The highest BCUT2D eigenvalue weighted by Crippen LogP contribution is 2.28. The Morgan fingerprint density at radius 2 is 2.00 bits per heavy atom. The Balaban J connectivity index is 1.78. The quantitative estimate of drug-likeness (QED) is 0.849. The minimum absolute atomic E-state index is 0.00130. The summed E-state index contributed by atoms with van der Waals surface area (Å²) in [6, 6.07) is 9.30. The van der Waals surface area contributed by atoms with Crippen LogP contribution in [0.4, 0.5) is 5.69 Å². The molecule has 1 aromatic heterocycles. The second-order valence-electron chi connectivity index (χ2n) is 7.62. The molecule has 1 aliphatic rings. The van der Waals surface area contributed by atoms with Crippen LogP contribution < -0.4 is 15.2 Å². The van der Waals surface area contributed by atoms with Gasteiger partial charge in [-0.05, 0) is 58.7 Å². The van der Waals surface area contributed by atoms with Gasteiger partial charge in [0.25, 0.3) is 5.91 Å². The number of carbonyl (C=O) groups is 1. The number of carbonyl (C=O) groups excluding carboxylic acids is 1. The van der Waals surface area contributed by atoms with Crippen molar-refractivity contribution in [1.82, 2.24) is 9.88 Å². The lowest BCUT2D eigenvalue weighted by Crippen LogP contribution is -2.49. The van der Waals surface area contributed by atoms with Gasteiger partial charge in [-0.25, -0.2) is 4.98 Å². The molecule has 150 valence electrons. The van der Waals surface area contributed by atoms with Crippen molar-refractivity contribution in [3.05, 3.63) is 47.7 Å². The molecule has 2 heterocycles. The fourth-order valence-corrected chi connectivity index (χ4v) is 3.41. The molecule has 0 bridgehead atoms. The molecule has 3 rings (SSSR count). The number of hydrogen-bond acceptors (Lipinski definition) is 5. The number of likely N-dealkylation sites (tertiary alicyclic amines) is 1. The fraction of sp³-hybridized carbons (Fsp3) is 0.455. The number of para-hydroxylation sites is 1. The number of aromatic nitrogens is 1. The van der Waals surface area contributed by atoms with E-state index in [-0.39, 0.29) is 24.2 Å². The molecule has 1 fully saturated rings. The summed E-state index contributed by atoms with van der Waals surface area (Å²) in [6.45, 7) is 8.38. The van der Waals surface area contributed by atoms with Crippen molar-refractivity contribution in [2.24, 2.45) is 0 Å². The van der Waals surface area contributed by atoms with Crippen LogP contribution in [0.2, 0.25) is 0 Å². The first-order valence-electron chi connectivity index (χ1n) is 9.81. The molecule has 1 amide bonds. The summed E-state index contributed by atoms with van der Waals surface area (Å²) in [7, 11) is 0. The molecule has 0 radical (unpaired) electrons. The van der Waals surface area contributed by atoms with Crippen LogP contribution >= 0.6 is 0 Å². The van der Waals surface area contributed by atoms with Gasteiger partial charge in [0.2, 0.25) is 5.88 Å². The predicted octanol–water partition coefficient (Wildman–Crippen LogP) is 3.83. The number of nitrogens with zero attached hydrogens (tertiary/aromatic N) is 2. The predicted molar refractivity (Wildman–Crippen MR) is 110 cm³/mol. The first-order chi connectivity index (χ1) is 13.4. The van der Waals surface area contributed by atoms with E-state index in [1.807, 2.05) is 49.9 Å². The highest BCUT2D eigenvalue weighted by atomic mass is 16.5. The zero-order valence-electron chi connectivity index (χ0n) is 17.0. The van der Waals surface area contributed by atoms with Gasteiger partial charge in [-0.1, -0.05) is 12.1 Å². The number of piperidine rings is 1. The van der Waals surface area contributed by atoms with E-state index in [2.05, 4.69) is 11.9 Å². The van der Waals surface area contributed by atoms with E-state index in [1.54, 1.807) is 12.3 Å². The minimum Gasteiger partial charge on any atom is -0.490 e. The number of amides is 1. The van der Waals surface area contributed by atoms with E-state index in [0.717, 1.165) is 18.4 Å². The third kappa shape index (κ3) is 4.38.